The van der Waals surface area contributed by atoms with E-state index in [0.717, 1.165) is 0 Å². The molecular formula is C16H26N3O9+. The van der Waals surface area contributed by atoms with Crippen molar-refractivity contribution in [3.63, 3.8) is 0 Å². The molecule has 0 saturated heterocycles. The Morgan fingerprint density at radius 1 is 0.893 bits per heavy atom. The monoisotopic (exact) mass is 404 g/mol. The second-order valence-corrected chi connectivity index (χ2v) is 5.79. The van der Waals surface area contributed by atoms with Crippen LogP contribution in [0, 0.1) is 0 Å². The lowest BCUT2D eigenvalue weighted by Crippen LogP contribution is -2.52. The summed E-state index contributed by atoms with van der Waals surface area (Å²) in [7, 11) is 0. The molecule has 0 radical (unpaired) electrons. The number of ether oxygens (including phenoxy) is 2. The summed E-state index contributed by atoms with van der Waals surface area (Å²) in [6, 6.07) is -0.888. The van der Waals surface area contributed by atoms with E-state index >= 15 is 0 Å². The number of carbonyl (C=O) groups is 5. The van der Waals surface area contributed by atoms with E-state index in [0.29, 0.717) is 12.8 Å². The molecule has 0 aliphatic rings. The molecule has 0 aromatic carbocycles. The van der Waals surface area contributed by atoms with Crippen LogP contribution in [-0.4, -0.2) is 84.5 Å². The maximum Gasteiger partial charge on any atom is 0.329 e. The van der Waals surface area contributed by atoms with Crippen molar-refractivity contribution >= 4 is 35.2 Å². The lowest BCUT2D eigenvalue weighted by Gasteiger charge is -2.16. The van der Waals surface area contributed by atoms with Crippen LogP contribution in [0.3, 0.4) is 0 Å². The normalized spacial score (nSPS) is 11.3. The van der Waals surface area contributed by atoms with E-state index in [9.17, 15) is 24.0 Å². The zero-order chi connectivity index (χ0) is 21.5. The highest BCUT2D eigenvalue weighted by atomic mass is 16.5. The van der Waals surface area contributed by atoms with E-state index in [1.807, 2.05) is 0 Å². The SMILES string of the molecule is CC(=[NH2+])C(=O)C(CCCCNC(=O)COCC(=O)O)NC(=O)COCC(=O)O. The summed E-state index contributed by atoms with van der Waals surface area (Å²) in [4.78, 5) is 55.8. The number of amides is 2. The summed E-state index contributed by atoms with van der Waals surface area (Å²) in [6.45, 7) is -0.407. The van der Waals surface area contributed by atoms with Crippen molar-refractivity contribution in [3.05, 3.63) is 0 Å². The number of unbranched alkanes of at least 4 members (excludes halogenated alkanes) is 1. The first-order valence-electron chi connectivity index (χ1n) is 8.41. The predicted molar refractivity (Wildman–Crippen MR) is 93.3 cm³/mol. The van der Waals surface area contributed by atoms with Crippen molar-refractivity contribution in [1.82, 2.24) is 10.6 Å². The van der Waals surface area contributed by atoms with Crippen LogP contribution in [0.1, 0.15) is 26.2 Å². The maximum atomic E-state index is 12.1. The fourth-order valence-electron chi connectivity index (χ4n) is 1.99. The van der Waals surface area contributed by atoms with Crippen LogP contribution in [0.5, 0.6) is 0 Å². The average Bonchev–Trinajstić information content (AvgIpc) is 2.59. The highest BCUT2D eigenvalue weighted by Crippen LogP contribution is 2.03. The molecule has 0 saturated carbocycles. The maximum absolute atomic E-state index is 12.1. The predicted octanol–water partition coefficient (Wildman–Crippen LogP) is -3.25. The molecule has 2 amide bonds. The molecule has 12 heteroatoms. The minimum absolute atomic E-state index is 0.0145. The highest BCUT2D eigenvalue weighted by molar-refractivity contribution is 6.38. The van der Waals surface area contributed by atoms with Crippen LogP contribution in [0.15, 0.2) is 0 Å². The van der Waals surface area contributed by atoms with Crippen molar-refractivity contribution in [1.29, 1.82) is 0 Å². The number of aliphatic carboxylic acids is 2. The van der Waals surface area contributed by atoms with E-state index in [1.165, 1.54) is 6.92 Å². The number of rotatable bonds is 16. The molecule has 6 N–H and O–H groups in total. The smallest absolute Gasteiger partial charge is 0.329 e. The number of carbonyl (C=O) groups excluding carboxylic acids is 3. The van der Waals surface area contributed by atoms with Gasteiger partial charge in [-0.3, -0.25) is 19.8 Å². The molecule has 0 aromatic heterocycles. The standard InChI is InChI=1S/C16H25N3O9/c1-10(17)16(26)11(19-13(21)7-28-9-15(24)25)4-2-3-5-18-12(20)6-27-8-14(22)23/h11,17H,2-9H2,1H3,(H,18,20)(H,19,21)(H,22,23)(H,24,25)/p+1. The minimum atomic E-state index is -1.22. The van der Waals surface area contributed by atoms with E-state index in [4.69, 9.17) is 15.6 Å². The van der Waals surface area contributed by atoms with Gasteiger partial charge in [-0.2, -0.15) is 0 Å². The van der Waals surface area contributed by atoms with Gasteiger partial charge in [0.2, 0.25) is 23.3 Å². The Bertz CT molecular complexity index is 592. The van der Waals surface area contributed by atoms with Crippen molar-refractivity contribution in [2.45, 2.75) is 32.2 Å². The van der Waals surface area contributed by atoms with Gasteiger partial charge in [-0.15, -0.1) is 0 Å². The van der Waals surface area contributed by atoms with Crippen LogP contribution in [0.4, 0.5) is 0 Å². The molecule has 0 aliphatic carbocycles. The molecule has 0 bridgehead atoms. The topological polar surface area (TPSA) is 194 Å². The third-order valence-corrected chi connectivity index (χ3v) is 3.20. The summed E-state index contributed by atoms with van der Waals surface area (Å²) in [5.74, 6) is -3.97. The van der Waals surface area contributed by atoms with Crippen LogP contribution in [0.25, 0.3) is 0 Å². The van der Waals surface area contributed by atoms with Gasteiger partial charge >= 0.3 is 11.9 Å². The zero-order valence-electron chi connectivity index (χ0n) is 15.6. The summed E-state index contributed by atoms with van der Waals surface area (Å²) < 4.78 is 9.29. The Hall–Kier alpha value is -2.86. The van der Waals surface area contributed by atoms with Gasteiger partial charge in [-0.05, 0) is 19.3 Å². The average molecular weight is 404 g/mol. The number of nitrogens with one attached hydrogen (secondary N) is 2. The quantitative estimate of drug-likeness (QED) is 0.130. The molecule has 0 fully saturated rings. The van der Waals surface area contributed by atoms with Gasteiger partial charge in [-0.1, -0.05) is 0 Å². The van der Waals surface area contributed by atoms with Crippen molar-refractivity contribution in [2.24, 2.45) is 0 Å². The van der Waals surface area contributed by atoms with Gasteiger partial charge in [0.25, 0.3) is 0 Å². The number of ketones is 1. The molecule has 1 atom stereocenters. The summed E-state index contributed by atoms with van der Waals surface area (Å²) in [5, 5.41) is 27.3. The van der Waals surface area contributed by atoms with Crippen molar-refractivity contribution in [2.75, 3.05) is 33.0 Å². The second kappa shape index (κ2) is 14.2. The first-order valence-corrected chi connectivity index (χ1v) is 8.41. The Morgan fingerprint density at radius 2 is 1.43 bits per heavy atom. The molecule has 12 nitrogen and oxygen atoms in total. The summed E-state index contributed by atoms with van der Waals surface area (Å²) >= 11 is 0. The largest absolute Gasteiger partial charge is 0.480 e. The molecular weight excluding hydrogens is 378 g/mol. The highest BCUT2D eigenvalue weighted by Gasteiger charge is 2.24. The Balaban J connectivity index is 4.22. The van der Waals surface area contributed by atoms with E-state index < -0.39 is 55.4 Å². The second-order valence-electron chi connectivity index (χ2n) is 5.79. The number of carboxylic acids is 2. The Labute approximate surface area is 161 Å². The fourth-order valence-corrected chi connectivity index (χ4v) is 1.99. The van der Waals surface area contributed by atoms with Crippen LogP contribution < -0.4 is 16.0 Å². The first-order chi connectivity index (χ1) is 13.1. The third kappa shape index (κ3) is 13.4. The number of carboxylic acid groups (broad SMARTS) is 2. The van der Waals surface area contributed by atoms with Gasteiger partial charge < -0.3 is 30.3 Å². The van der Waals surface area contributed by atoms with Crippen molar-refractivity contribution < 1.29 is 49.1 Å². The Kier molecular flexibility index (Phi) is 12.8. The summed E-state index contributed by atoms with van der Waals surface area (Å²) in [6.07, 6.45) is 1.21. The van der Waals surface area contributed by atoms with Gasteiger partial charge in [0.15, 0.2) is 0 Å². The minimum Gasteiger partial charge on any atom is -0.480 e. The van der Waals surface area contributed by atoms with Crippen molar-refractivity contribution in [3.8, 4) is 0 Å². The molecule has 28 heavy (non-hydrogen) atoms. The van der Waals surface area contributed by atoms with Gasteiger partial charge in [-0.25, -0.2) is 9.59 Å². The molecule has 158 valence electrons. The molecule has 1 unspecified atom stereocenters. The number of Topliss-reactive ketones (excluding diaryl/α,β-unsaturated/α-hetero) is 1. The lowest BCUT2D eigenvalue weighted by atomic mass is 10.0. The fraction of sp³-hybridized carbons (Fsp3) is 0.625. The van der Waals surface area contributed by atoms with Crippen LogP contribution in [-0.2, 0) is 33.4 Å². The third-order valence-electron chi connectivity index (χ3n) is 3.20. The number of nitrogens with two attached hydrogens (primary N) is 1. The molecule has 0 heterocycles. The molecule has 0 spiro atoms. The lowest BCUT2D eigenvalue weighted by molar-refractivity contribution is -0.145. The van der Waals surface area contributed by atoms with Crippen LogP contribution >= 0.6 is 0 Å². The van der Waals surface area contributed by atoms with Gasteiger partial charge in [0, 0.05) is 13.5 Å². The van der Waals surface area contributed by atoms with E-state index in [1.54, 1.807) is 0 Å². The molecule has 0 aromatic rings. The molecule has 0 rings (SSSR count). The van der Waals surface area contributed by atoms with Gasteiger partial charge in [0.1, 0.15) is 26.4 Å². The zero-order valence-corrected chi connectivity index (χ0v) is 15.6. The molecule has 0 aliphatic heterocycles. The first kappa shape index (κ1) is 25.1. The van der Waals surface area contributed by atoms with E-state index in [2.05, 4.69) is 20.1 Å². The van der Waals surface area contributed by atoms with E-state index in [-0.39, 0.29) is 25.3 Å². The van der Waals surface area contributed by atoms with Crippen LogP contribution in [0.2, 0.25) is 0 Å². The summed E-state index contributed by atoms with van der Waals surface area (Å²) in [5.41, 5.74) is 0.0145. The van der Waals surface area contributed by atoms with Gasteiger partial charge in [0.05, 0.1) is 6.04 Å². The Morgan fingerprint density at radius 3 is 1.93 bits per heavy atom. The number of hydrogen-bond acceptors (Lipinski definition) is 7. The number of hydrogen-bond donors (Lipinski definition) is 5.